The minimum Gasteiger partial charge on any atom is -0.497 e. The van der Waals surface area contributed by atoms with E-state index in [1.165, 1.54) is 0 Å². The number of ether oxygens (including phenoxy) is 3. The highest BCUT2D eigenvalue weighted by Crippen LogP contribution is 2.34. The first-order valence-electron chi connectivity index (χ1n) is 9.24. The summed E-state index contributed by atoms with van der Waals surface area (Å²) in [5, 5.41) is 17.2. The van der Waals surface area contributed by atoms with Crippen molar-refractivity contribution in [2.24, 2.45) is 4.99 Å². The van der Waals surface area contributed by atoms with E-state index in [4.69, 9.17) is 14.2 Å². The average Bonchev–Trinajstić information content (AvgIpc) is 3.28. The molecule has 2 saturated heterocycles. The number of nitrogens with one attached hydrogen (secondary N) is 2. The van der Waals surface area contributed by atoms with E-state index >= 15 is 0 Å². The summed E-state index contributed by atoms with van der Waals surface area (Å²) >= 11 is 0. The van der Waals surface area contributed by atoms with E-state index in [1.54, 1.807) is 32.4 Å². The fourth-order valence-electron chi connectivity index (χ4n) is 3.59. The van der Waals surface area contributed by atoms with Crippen LogP contribution >= 0.6 is 24.0 Å². The molecule has 8 heteroatoms. The smallest absolute Gasteiger partial charge is 0.191 e. The van der Waals surface area contributed by atoms with E-state index in [0.717, 1.165) is 25.8 Å². The fraction of sp³-hybridized carbons (Fsp3) is 0.632. The first kappa shape index (κ1) is 22.0. The zero-order valence-corrected chi connectivity index (χ0v) is 18.4. The largest absolute Gasteiger partial charge is 0.497 e. The van der Waals surface area contributed by atoms with Crippen LogP contribution in [0.2, 0.25) is 0 Å². The lowest BCUT2D eigenvalue weighted by Gasteiger charge is -2.23. The van der Waals surface area contributed by atoms with Crippen LogP contribution in [0.5, 0.6) is 11.5 Å². The van der Waals surface area contributed by atoms with E-state index < -0.39 is 6.10 Å². The number of fused-ring (bicyclic) bond motifs is 2. The molecule has 0 radical (unpaired) electrons. The number of methoxy groups -OCH3 is 2. The molecule has 0 aromatic heterocycles. The van der Waals surface area contributed by atoms with Crippen LogP contribution in [0.3, 0.4) is 0 Å². The van der Waals surface area contributed by atoms with Gasteiger partial charge in [0.25, 0.3) is 0 Å². The van der Waals surface area contributed by atoms with Gasteiger partial charge in [0.15, 0.2) is 5.96 Å². The van der Waals surface area contributed by atoms with E-state index in [0.29, 0.717) is 35.2 Å². The Morgan fingerprint density at radius 2 is 1.96 bits per heavy atom. The van der Waals surface area contributed by atoms with E-state index in [-0.39, 0.29) is 36.6 Å². The molecule has 4 atom stereocenters. The lowest BCUT2D eigenvalue weighted by Crippen LogP contribution is -2.47. The van der Waals surface area contributed by atoms with Crippen LogP contribution in [0.15, 0.2) is 23.2 Å². The molecule has 1 aromatic rings. The zero-order valence-electron chi connectivity index (χ0n) is 16.1. The van der Waals surface area contributed by atoms with Gasteiger partial charge in [-0.2, -0.15) is 0 Å². The molecule has 0 spiro atoms. The number of aliphatic imine (C=N–C) groups is 1. The Hall–Kier alpha value is -1.26. The Labute approximate surface area is 177 Å². The molecule has 2 heterocycles. The molecule has 27 heavy (non-hydrogen) atoms. The monoisotopic (exact) mass is 491 g/mol. The number of guanidine groups is 1. The Morgan fingerprint density at radius 3 is 2.48 bits per heavy atom. The molecular weight excluding hydrogens is 461 g/mol. The topological polar surface area (TPSA) is 84.3 Å². The first-order chi connectivity index (χ1) is 12.6. The second kappa shape index (κ2) is 10.3. The van der Waals surface area contributed by atoms with Crippen LogP contribution in [0.4, 0.5) is 0 Å². The molecule has 2 bridgehead atoms. The molecular formula is C19H30IN3O4. The molecule has 0 aliphatic carbocycles. The standard InChI is InChI=1S/C19H29N3O4.HI/c1-4-20-19(22-16-10-13-5-6-18(16)26-13)21-11-17(23)12-7-14(24-2)9-15(8-12)25-3;/h7-9,13,16-18,23H,4-6,10-11H2,1-3H3,(H2,20,21,22);1H. The van der Waals surface area contributed by atoms with Crippen molar-refractivity contribution in [3.8, 4) is 11.5 Å². The minimum absolute atomic E-state index is 0. The Morgan fingerprint density at radius 1 is 1.26 bits per heavy atom. The summed E-state index contributed by atoms with van der Waals surface area (Å²) in [7, 11) is 3.18. The quantitative estimate of drug-likeness (QED) is 0.308. The number of rotatable bonds is 7. The summed E-state index contributed by atoms with van der Waals surface area (Å²) in [4.78, 5) is 4.56. The van der Waals surface area contributed by atoms with Crippen LogP contribution in [0.1, 0.15) is 37.9 Å². The predicted molar refractivity (Wildman–Crippen MR) is 115 cm³/mol. The lowest BCUT2D eigenvalue weighted by atomic mass is 9.96. The number of benzene rings is 1. The Balaban J connectivity index is 0.00000261. The number of aliphatic hydroxyl groups excluding tert-OH is 1. The molecule has 3 N–H and O–H groups in total. The highest BCUT2D eigenvalue weighted by atomic mass is 127. The first-order valence-corrected chi connectivity index (χ1v) is 9.24. The van der Waals surface area contributed by atoms with Crippen LogP contribution in [-0.4, -0.2) is 56.6 Å². The fourth-order valence-corrected chi connectivity index (χ4v) is 3.59. The van der Waals surface area contributed by atoms with Crippen molar-refractivity contribution in [1.29, 1.82) is 0 Å². The molecule has 2 aliphatic rings. The normalized spacial score (nSPS) is 24.9. The van der Waals surface area contributed by atoms with Crippen LogP contribution < -0.4 is 20.1 Å². The second-order valence-electron chi connectivity index (χ2n) is 6.74. The summed E-state index contributed by atoms with van der Waals surface area (Å²) < 4.78 is 16.4. The highest BCUT2D eigenvalue weighted by molar-refractivity contribution is 14.0. The minimum atomic E-state index is -0.745. The summed E-state index contributed by atoms with van der Waals surface area (Å²) in [5.41, 5.74) is 0.712. The third kappa shape index (κ3) is 5.61. The van der Waals surface area contributed by atoms with Gasteiger partial charge >= 0.3 is 0 Å². The van der Waals surface area contributed by atoms with Gasteiger partial charge in [-0.15, -0.1) is 24.0 Å². The summed E-state index contributed by atoms with van der Waals surface area (Å²) in [6.07, 6.45) is 3.20. The van der Waals surface area contributed by atoms with E-state index in [1.807, 2.05) is 6.92 Å². The molecule has 152 valence electrons. The number of hydrogen-bond acceptors (Lipinski definition) is 5. The van der Waals surface area contributed by atoms with Gasteiger partial charge in [-0.1, -0.05) is 0 Å². The molecule has 0 amide bonds. The summed E-state index contributed by atoms with van der Waals surface area (Å²) in [6.45, 7) is 3.03. The molecule has 0 saturated carbocycles. The van der Waals surface area contributed by atoms with Gasteiger partial charge in [-0.25, -0.2) is 0 Å². The lowest BCUT2D eigenvalue weighted by molar-refractivity contribution is 0.0992. The molecule has 2 aliphatic heterocycles. The molecule has 7 nitrogen and oxygen atoms in total. The highest BCUT2D eigenvalue weighted by Gasteiger charge is 2.41. The van der Waals surface area contributed by atoms with Crippen molar-refractivity contribution in [3.63, 3.8) is 0 Å². The number of hydrogen-bond donors (Lipinski definition) is 3. The molecule has 3 rings (SSSR count). The molecule has 4 unspecified atom stereocenters. The Kier molecular flexibility index (Phi) is 8.43. The van der Waals surface area contributed by atoms with E-state index in [9.17, 15) is 5.11 Å². The Bertz CT molecular complexity index is 621. The van der Waals surface area contributed by atoms with Crippen LogP contribution in [0, 0.1) is 0 Å². The molecule has 1 aromatic carbocycles. The third-order valence-corrected chi connectivity index (χ3v) is 4.95. The van der Waals surface area contributed by atoms with Crippen molar-refractivity contribution < 1.29 is 19.3 Å². The van der Waals surface area contributed by atoms with Gasteiger partial charge in [-0.3, -0.25) is 4.99 Å². The van der Waals surface area contributed by atoms with E-state index in [2.05, 4.69) is 15.6 Å². The van der Waals surface area contributed by atoms with Gasteiger partial charge < -0.3 is 30.0 Å². The predicted octanol–water partition coefficient (Wildman–Crippen LogP) is 2.23. The van der Waals surface area contributed by atoms with Crippen molar-refractivity contribution in [1.82, 2.24) is 10.6 Å². The maximum absolute atomic E-state index is 10.5. The van der Waals surface area contributed by atoms with Crippen molar-refractivity contribution in [2.45, 2.75) is 50.5 Å². The van der Waals surface area contributed by atoms with Crippen molar-refractivity contribution in [3.05, 3.63) is 23.8 Å². The number of halogens is 1. The maximum atomic E-state index is 10.5. The second-order valence-corrected chi connectivity index (χ2v) is 6.74. The van der Waals surface area contributed by atoms with Crippen LogP contribution in [0.25, 0.3) is 0 Å². The van der Waals surface area contributed by atoms with Gasteiger partial charge in [0.05, 0.1) is 45.1 Å². The van der Waals surface area contributed by atoms with Gasteiger partial charge in [0.1, 0.15) is 11.5 Å². The van der Waals surface area contributed by atoms with Crippen LogP contribution in [-0.2, 0) is 4.74 Å². The van der Waals surface area contributed by atoms with Gasteiger partial charge in [-0.05, 0) is 43.9 Å². The van der Waals surface area contributed by atoms with Crippen molar-refractivity contribution in [2.75, 3.05) is 27.3 Å². The number of nitrogens with zero attached hydrogens (tertiary/aromatic N) is 1. The average molecular weight is 491 g/mol. The third-order valence-electron chi connectivity index (χ3n) is 4.95. The summed E-state index contributed by atoms with van der Waals surface area (Å²) in [6, 6.07) is 5.67. The zero-order chi connectivity index (χ0) is 18.5. The van der Waals surface area contributed by atoms with Gasteiger partial charge in [0.2, 0.25) is 0 Å². The van der Waals surface area contributed by atoms with Crippen molar-refractivity contribution >= 4 is 29.9 Å². The SMILES string of the molecule is CCNC(=NCC(O)c1cc(OC)cc(OC)c1)NC1CC2CCC1O2.I. The summed E-state index contributed by atoms with van der Waals surface area (Å²) in [5.74, 6) is 2.00. The maximum Gasteiger partial charge on any atom is 0.191 e. The molecule has 2 fully saturated rings. The van der Waals surface area contributed by atoms with Gasteiger partial charge in [0, 0.05) is 12.6 Å². The number of aliphatic hydroxyl groups is 1.